The van der Waals surface area contributed by atoms with Crippen molar-refractivity contribution in [1.82, 2.24) is 5.32 Å². The Hall–Kier alpha value is -2.86. The van der Waals surface area contributed by atoms with Gasteiger partial charge in [0.1, 0.15) is 11.6 Å². The van der Waals surface area contributed by atoms with E-state index in [2.05, 4.69) is 5.32 Å². The molecule has 1 fully saturated rings. The summed E-state index contributed by atoms with van der Waals surface area (Å²) < 4.78 is 5.49. The summed E-state index contributed by atoms with van der Waals surface area (Å²) in [4.78, 5) is 23.4. The highest BCUT2D eigenvalue weighted by molar-refractivity contribution is 5.80. The zero-order valence-corrected chi connectivity index (χ0v) is 20.2. The maximum Gasteiger partial charge on any atom is 0.408 e. The normalized spacial score (nSPS) is 15.2. The Bertz CT molecular complexity index is 873. The molecule has 6 heteroatoms. The number of amides is 1. The van der Waals surface area contributed by atoms with Crippen molar-refractivity contribution < 1.29 is 19.4 Å². The summed E-state index contributed by atoms with van der Waals surface area (Å²) in [5, 5.41) is 11.6. The van der Waals surface area contributed by atoms with Crippen LogP contribution in [0.2, 0.25) is 0 Å². The van der Waals surface area contributed by atoms with Crippen molar-refractivity contribution in [3.8, 4) is 11.1 Å². The van der Waals surface area contributed by atoms with Gasteiger partial charge in [-0.2, -0.15) is 0 Å². The third-order valence-corrected chi connectivity index (χ3v) is 5.89. The number of nitrogens with one attached hydrogen (secondary N) is 1. The van der Waals surface area contributed by atoms with E-state index < -0.39 is 23.7 Å². The van der Waals surface area contributed by atoms with E-state index in [9.17, 15) is 14.7 Å². The molecule has 3 rings (SSSR count). The second kappa shape index (κ2) is 12.4. The fourth-order valence-electron chi connectivity index (χ4n) is 3.79. The summed E-state index contributed by atoms with van der Waals surface area (Å²) in [6.07, 6.45) is 5.92. The van der Waals surface area contributed by atoms with E-state index in [0.29, 0.717) is 6.04 Å². The van der Waals surface area contributed by atoms with Crippen LogP contribution in [0.4, 0.5) is 4.79 Å². The zero-order valence-electron chi connectivity index (χ0n) is 20.2. The molecule has 0 aliphatic heterocycles. The lowest BCUT2D eigenvalue weighted by Crippen LogP contribution is -2.46. The van der Waals surface area contributed by atoms with Crippen molar-refractivity contribution in [3.05, 3.63) is 60.2 Å². The number of benzene rings is 2. The van der Waals surface area contributed by atoms with E-state index in [0.717, 1.165) is 16.7 Å². The second-order valence-electron chi connectivity index (χ2n) is 9.45. The summed E-state index contributed by atoms with van der Waals surface area (Å²) in [7, 11) is 0. The maximum atomic E-state index is 12.1. The molecule has 2 aromatic rings. The molecule has 6 nitrogen and oxygen atoms in total. The zero-order chi connectivity index (χ0) is 24.4. The van der Waals surface area contributed by atoms with Crippen LogP contribution >= 0.6 is 0 Å². The number of ether oxygens (including phenoxy) is 1. The minimum Gasteiger partial charge on any atom is -0.480 e. The third-order valence-electron chi connectivity index (χ3n) is 5.89. The summed E-state index contributed by atoms with van der Waals surface area (Å²) in [6, 6.07) is 17.3. The van der Waals surface area contributed by atoms with Crippen LogP contribution in [0, 0.1) is 5.92 Å². The van der Waals surface area contributed by atoms with E-state index >= 15 is 0 Å². The lowest BCUT2D eigenvalue weighted by atomic mass is 9.95. The lowest BCUT2D eigenvalue weighted by Gasteiger charge is -2.27. The Labute approximate surface area is 197 Å². The molecular formula is C27H38N2O4. The fourth-order valence-corrected chi connectivity index (χ4v) is 3.79. The topological polar surface area (TPSA) is 102 Å². The van der Waals surface area contributed by atoms with E-state index in [1.165, 1.54) is 32.1 Å². The highest BCUT2D eigenvalue weighted by Gasteiger charge is 2.29. The first kappa shape index (κ1) is 26.4. The molecular weight excluding hydrogens is 416 g/mol. The van der Waals surface area contributed by atoms with Crippen LogP contribution in [-0.2, 0) is 15.1 Å². The molecule has 1 atom stereocenters. The summed E-state index contributed by atoms with van der Waals surface area (Å²) in [5.41, 5.74) is 7.75. The molecule has 180 valence electrons. The number of hydrogen-bond donors (Lipinski definition) is 3. The Kier molecular flexibility index (Phi) is 9.92. The van der Waals surface area contributed by atoms with Gasteiger partial charge in [-0.3, -0.25) is 0 Å². The number of carboxylic acids is 1. The number of alkyl carbamates (subject to hydrolysis) is 1. The number of carboxylic acid groups (broad SMARTS) is 1. The Balaban J connectivity index is 0.000000468. The standard InChI is InChI=1S/C21H25NO4.C6H13N/c1-14(2)18(19(23)24)22-20(25)26-21(3,4)17-12-10-16(11-13-17)15-8-6-5-7-9-15;7-6-4-2-1-3-5-6/h5-14,18H,1-4H3,(H,22,25)(H,23,24);6H,1-5,7H2. The van der Waals surface area contributed by atoms with Gasteiger partial charge >= 0.3 is 12.1 Å². The van der Waals surface area contributed by atoms with Gasteiger partial charge in [-0.25, -0.2) is 9.59 Å². The van der Waals surface area contributed by atoms with E-state index in [1.54, 1.807) is 27.7 Å². The molecule has 0 bridgehead atoms. The van der Waals surface area contributed by atoms with Crippen LogP contribution in [-0.4, -0.2) is 29.3 Å². The summed E-state index contributed by atoms with van der Waals surface area (Å²) in [6.45, 7) is 7.00. The Morgan fingerprint density at radius 3 is 1.97 bits per heavy atom. The minimum absolute atomic E-state index is 0.242. The second-order valence-corrected chi connectivity index (χ2v) is 9.45. The molecule has 1 unspecified atom stereocenters. The van der Waals surface area contributed by atoms with Gasteiger partial charge in [0.25, 0.3) is 0 Å². The van der Waals surface area contributed by atoms with Crippen molar-refractivity contribution in [2.45, 2.75) is 77.5 Å². The molecule has 1 saturated carbocycles. The molecule has 0 radical (unpaired) electrons. The van der Waals surface area contributed by atoms with Gasteiger partial charge in [0, 0.05) is 6.04 Å². The third kappa shape index (κ3) is 8.54. The molecule has 4 N–H and O–H groups in total. The fraction of sp³-hybridized carbons (Fsp3) is 0.481. The highest BCUT2D eigenvalue weighted by atomic mass is 16.6. The van der Waals surface area contributed by atoms with Crippen molar-refractivity contribution in [2.24, 2.45) is 11.7 Å². The summed E-state index contributed by atoms with van der Waals surface area (Å²) >= 11 is 0. The number of nitrogens with two attached hydrogens (primary N) is 1. The largest absolute Gasteiger partial charge is 0.480 e. The predicted molar refractivity (Wildman–Crippen MR) is 132 cm³/mol. The molecule has 1 aliphatic carbocycles. The molecule has 33 heavy (non-hydrogen) atoms. The highest BCUT2D eigenvalue weighted by Crippen LogP contribution is 2.28. The summed E-state index contributed by atoms with van der Waals surface area (Å²) in [5.74, 6) is -1.32. The van der Waals surface area contributed by atoms with Crippen molar-refractivity contribution in [1.29, 1.82) is 0 Å². The maximum absolute atomic E-state index is 12.1. The van der Waals surface area contributed by atoms with Crippen molar-refractivity contribution in [3.63, 3.8) is 0 Å². The lowest BCUT2D eigenvalue weighted by molar-refractivity contribution is -0.140. The van der Waals surface area contributed by atoms with Crippen LogP contribution in [0.1, 0.15) is 65.4 Å². The number of rotatable bonds is 6. The van der Waals surface area contributed by atoms with Gasteiger partial charge < -0.3 is 20.9 Å². The molecule has 0 saturated heterocycles. The minimum atomic E-state index is -1.08. The number of carbonyl (C=O) groups excluding carboxylic acids is 1. The molecule has 1 amide bonds. The van der Waals surface area contributed by atoms with Crippen molar-refractivity contribution >= 4 is 12.1 Å². The van der Waals surface area contributed by atoms with E-state index in [-0.39, 0.29) is 5.92 Å². The van der Waals surface area contributed by atoms with E-state index in [1.807, 2.05) is 54.6 Å². The first-order valence-electron chi connectivity index (χ1n) is 11.7. The average Bonchev–Trinajstić information content (AvgIpc) is 2.78. The van der Waals surface area contributed by atoms with Gasteiger partial charge in [-0.1, -0.05) is 87.7 Å². The van der Waals surface area contributed by atoms with Crippen LogP contribution in [0.25, 0.3) is 11.1 Å². The van der Waals surface area contributed by atoms with Crippen molar-refractivity contribution in [2.75, 3.05) is 0 Å². The van der Waals surface area contributed by atoms with Crippen LogP contribution in [0.5, 0.6) is 0 Å². The van der Waals surface area contributed by atoms with Gasteiger partial charge in [0.2, 0.25) is 0 Å². The molecule has 0 heterocycles. The molecule has 1 aliphatic rings. The van der Waals surface area contributed by atoms with Crippen LogP contribution < -0.4 is 11.1 Å². The van der Waals surface area contributed by atoms with Gasteiger partial charge in [0.05, 0.1) is 0 Å². The number of carbonyl (C=O) groups is 2. The molecule has 0 aromatic heterocycles. The van der Waals surface area contributed by atoms with Gasteiger partial charge in [-0.15, -0.1) is 0 Å². The van der Waals surface area contributed by atoms with E-state index in [4.69, 9.17) is 10.5 Å². The number of aliphatic carboxylic acids is 1. The smallest absolute Gasteiger partial charge is 0.408 e. The number of hydrogen-bond acceptors (Lipinski definition) is 4. The first-order chi connectivity index (χ1) is 15.6. The molecule has 0 spiro atoms. The SMILES string of the molecule is CC(C)C(NC(=O)OC(C)(C)c1ccc(-c2ccccc2)cc1)C(=O)O.NC1CCCCC1. The Morgan fingerprint density at radius 2 is 1.52 bits per heavy atom. The first-order valence-corrected chi connectivity index (χ1v) is 11.7. The van der Waals surface area contributed by atoms with Gasteiger partial charge in [0.15, 0.2) is 0 Å². The molecule has 2 aromatic carbocycles. The average molecular weight is 455 g/mol. The van der Waals surface area contributed by atoms with Crippen LogP contribution in [0.15, 0.2) is 54.6 Å². The Morgan fingerprint density at radius 1 is 0.970 bits per heavy atom. The predicted octanol–water partition coefficient (Wildman–Crippen LogP) is 5.70. The quantitative estimate of drug-likeness (QED) is 0.519. The monoisotopic (exact) mass is 454 g/mol. The van der Waals surface area contributed by atoms with Crippen LogP contribution in [0.3, 0.4) is 0 Å². The van der Waals surface area contributed by atoms with Gasteiger partial charge in [-0.05, 0) is 49.3 Å².